The third kappa shape index (κ3) is 4.80. The first kappa shape index (κ1) is 21.8. The van der Waals surface area contributed by atoms with E-state index >= 15 is 0 Å². The molecule has 0 aromatic heterocycles. The summed E-state index contributed by atoms with van der Waals surface area (Å²) in [6, 6.07) is 13.1. The maximum absolute atomic E-state index is 13.0. The lowest BCUT2D eigenvalue weighted by molar-refractivity contribution is -0.145. The molecule has 3 rings (SSSR count). The van der Waals surface area contributed by atoms with Crippen LogP contribution in [0.1, 0.15) is 18.4 Å². The molecule has 30 heavy (non-hydrogen) atoms. The maximum atomic E-state index is 13.0. The molecule has 2 atom stereocenters. The fourth-order valence-electron chi connectivity index (χ4n) is 3.51. The van der Waals surface area contributed by atoms with Crippen molar-refractivity contribution in [1.82, 2.24) is 9.62 Å². The number of methoxy groups -OCH3 is 1. The summed E-state index contributed by atoms with van der Waals surface area (Å²) in [6.45, 7) is 0.246. The van der Waals surface area contributed by atoms with Crippen molar-refractivity contribution in [2.45, 2.75) is 36.2 Å². The minimum Gasteiger partial charge on any atom is -0.467 e. The smallest absolute Gasteiger partial charge is 0.328 e. The van der Waals surface area contributed by atoms with Crippen LogP contribution in [0.2, 0.25) is 0 Å². The monoisotopic (exact) mass is 431 g/mol. The molecule has 0 bridgehead atoms. The van der Waals surface area contributed by atoms with Gasteiger partial charge in [-0.05, 0) is 42.7 Å². The molecule has 0 saturated carbocycles. The first-order valence-electron chi connectivity index (χ1n) is 9.62. The van der Waals surface area contributed by atoms with Gasteiger partial charge in [0.25, 0.3) is 0 Å². The highest BCUT2D eigenvalue weighted by molar-refractivity contribution is 7.89. The fourth-order valence-corrected chi connectivity index (χ4v) is 5.19. The van der Waals surface area contributed by atoms with Gasteiger partial charge < -0.3 is 15.8 Å². The van der Waals surface area contributed by atoms with E-state index in [0.717, 1.165) is 5.56 Å². The summed E-state index contributed by atoms with van der Waals surface area (Å²) in [7, 11) is -2.57. The summed E-state index contributed by atoms with van der Waals surface area (Å²) in [5.41, 5.74) is 7.07. The molecular formula is C21H25N3O5S. The Labute approximate surface area is 176 Å². The van der Waals surface area contributed by atoms with E-state index < -0.39 is 34.0 Å². The lowest BCUT2D eigenvalue weighted by atomic mass is 10.0. The first-order chi connectivity index (χ1) is 14.3. The average Bonchev–Trinajstić information content (AvgIpc) is 3.26. The van der Waals surface area contributed by atoms with Gasteiger partial charge in [-0.2, -0.15) is 4.31 Å². The molecule has 160 valence electrons. The van der Waals surface area contributed by atoms with Crippen LogP contribution in [-0.2, 0) is 30.8 Å². The lowest BCUT2D eigenvalue weighted by Gasteiger charge is -2.25. The minimum absolute atomic E-state index is 0.135. The molecule has 0 radical (unpaired) electrons. The number of nitrogens with two attached hydrogens (primary N) is 1. The molecule has 8 nitrogen and oxygen atoms in total. The normalized spacial score (nSPS) is 18.0. The summed E-state index contributed by atoms with van der Waals surface area (Å²) >= 11 is 0. The standard InChI is InChI=1S/C21H25N3O5S/c1-29-21(26)18(14-15-9-11-16(22)12-10-15)23-20(25)19-8-5-13-24(19)30(27,28)17-6-3-2-4-7-17/h2-4,6-7,9-12,18-19H,5,8,13-14,22H2,1H3,(H,23,25)/t18-,19-/m0/s1. The van der Waals surface area contributed by atoms with Gasteiger partial charge in [0.1, 0.15) is 12.1 Å². The molecule has 2 aromatic carbocycles. The number of esters is 1. The van der Waals surface area contributed by atoms with Crippen LogP contribution in [0.3, 0.4) is 0 Å². The van der Waals surface area contributed by atoms with E-state index in [1.54, 1.807) is 42.5 Å². The molecule has 1 aliphatic heterocycles. The lowest BCUT2D eigenvalue weighted by Crippen LogP contribution is -2.51. The molecule has 1 amide bonds. The molecule has 3 N–H and O–H groups in total. The SMILES string of the molecule is COC(=O)[C@H](Cc1ccc(N)cc1)NC(=O)[C@@H]1CCCN1S(=O)(=O)c1ccccc1. The molecule has 1 fully saturated rings. The number of amides is 1. The van der Waals surface area contributed by atoms with E-state index in [4.69, 9.17) is 10.5 Å². The Morgan fingerprint density at radius 1 is 1.17 bits per heavy atom. The van der Waals surface area contributed by atoms with Crippen LogP contribution in [0.25, 0.3) is 0 Å². The number of sulfonamides is 1. The number of nitrogens with one attached hydrogen (secondary N) is 1. The number of rotatable bonds is 7. The van der Waals surface area contributed by atoms with Crippen molar-refractivity contribution in [3.63, 3.8) is 0 Å². The predicted molar refractivity (Wildman–Crippen MR) is 112 cm³/mol. The zero-order valence-electron chi connectivity index (χ0n) is 16.7. The second-order valence-corrected chi connectivity index (χ2v) is 9.01. The molecule has 0 spiro atoms. The van der Waals surface area contributed by atoms with Crippen LogP contribution in [-0.4, -0.2) is 50.3 Å². The largest absolute Gasteiger partial charge is 0.467 e. The van der Waals surface area contributed by atoms with Crippen LogP contribution in [0, 0.1) is 0 Å². The van der Waals surface area contributed by atoms with Crippen LogP contribution >= 0.6 is 0 Å². The zero-order chi connectivity index (χ0) is 21.7. The molecule has 1 heterocycles. The highest BCUT2D eigenvalue weighted by Gasteiger charge is 2.40. The van der Waals surface area contributed by atoms with Crippen molar-refractivity contribution in [2.75, 3.05) is 19.4 Å². The van der Waals surface area contributed by atoms with Gasteiger partial charge >= 0.3 is 5.97 Å². The summed E-state index contributed by atoms with van der Waals surface area (Å²) in [5.74, 6) is -1.12. The number of hydrogen-bond acceptors (Lipinski definition) is 6. The second-order valence-electron chi connectivity index (χ2n) is 7.12. The van der Waals surface area contributed by atoms with E-state index in [1.807, 2.05) is 0 Å². The van der Waals surface area contributed by atoms with Crippen molar-refractivity contribution in [2.24, 2.45) is 0 Å². The van der Waals surface area contributed by atoms with Crippen LogP contribution in [0.4, 0.5) is 5.69 Å². The molecule has 0 unspecified atom stereocenters. The van der Waals surface area contributed by atoms with Crippen LogP contribution in [0.5, 0.6) is 0 Å². The van der Waals surface area contributed by atoms with E-state index in [9.17, 15) is 18.0 Å². The highest BCUT2D eigenvalue weighted by atomic mass is 32.2. The van der Waals surface area contributed by atoms with E-state index in [-0.39, 0.29) is 17.9 Å². The highest BCUT2D eigenvalue weighted by Crippen LogP contribution is 2.26. The summed E-state index contributed by atoms with van der Waals surface area (Å²) in [5, 5.41) is 2.68. The number of carbonyl (C=O) groups excluding carboxylic acids is 2. The van der Waals surface area contributed by atoms with E-state index in [1.165, 1.54) is 23.5 Å². The van der Waals surface area contributed by atoms with Gasteiger partial charge in [-0.25, -0.2) is 13.2 Å². The molecule has 2 aromatic rings. The zero-order valence-corrected chi connectivity index (χ0v) is 17.5. The number of nitrogens with zero attached hydrogens (tertiary/aromatic N) is 1. The third-order valence-corrected chi connectivity index (χ3v) is 7.00. The van der Waals surface area contributed by atoms with Crippen molar-refractivity contribution in [3.8, 4) is 0 Å². The summed E-state index contributed by atoms with van der Waals surface area (Å²) in [4.78, 5) is 25.3. The van der Waals surface area contributed by atoms with Crippen LogP contribution in [0.15, 0.2) is 59.5 Å². The Morgan fingerprint density at radius 3 is 2.47 bits per heavy atom. The van der Waals surface area contributed by atoms with Gasteiger partial charge in [0.15, 0.2) is 0 Å². The Hall–Kier alpha value is -2.91. The fraction of sp³-hybridized carbons (Fsp3) is 0.333. The van der Waals surface area contributed by atoms with Gasteiger partial charge in [0.2, 0.25) is 15.9 Å². The van der Waals surface area contributed by atoms with E-state index in [2.05, 4.69) is 5.32 Å². The molecule has 1 saturated heterocycles. The van der Waals surface area contributed by atoms with Crippen LogP contribution < -0.4 is 11.1 Å². The first-order valence-corrected chi connectivity index (χ1v) is 11.1. The molecule has 9 heteroatoms. The quantitative estimate of drug-likeness (QED) is 0.504. The predicted octanol–water partition coefficient (Wildman–Crippen LogP) is 1.32. The van der Waals surface area contributed by atoms with E-state index in [0.29, 0.717) is 18.5 Å². The number of benzene rings is 2. The Bertz CT molecular complexity index is 993. The number of nitrogen functional groups attached to an aromatic ring is 1. The van der Waals surface area contributed by atoms with Crippen molar-refractivity contribution in [1.29, 1.82) is 0 Å². The van der Waals surface area contributed by atoms with Gasteiger partial charge in [0.05, 0.1) is 12.0 Å². The maximum Gasteiger partial charge on any atom is 0.328 e. The molecule has 1 aliphatic rings. The second kappa shape index (κ2) is 9.27. The van der Waals surface area contributed by atoms with Crippen molar-refractivity contribution >= 4 is 27.6 Å². The number of ether oxygens (including phenoxy) is 1. The summed E-state index contributed by atoms with van der Waals surface area (Å²) < 4.78 is 32.0. The Morgan fingerprint density at radius 2 is 1.83 bits per heavy atom. The third-order valence-electron chi connectivity index (χ3n) is 5.08. The molecular weight excluding hydrogens is 406 g/mol. The topological polar surface area (TPSA) is 119 Å². The Balaban J connectivity index is 1.77. The van der Waals surface area contributed by atoms with Gasteiger partial charge in [-0.1, -0.05) is 30.3 Å². The van der Waals surface area contributed by atoms with Crippen molar-refractivity contribution in [3.05, 3.63) is 60.2 Å². The molecule has 0 aliphatic carbocycles. The average molecular weight is 432 g/mol. The number of carbonyl (C=O) groups is 2. The number of hydrogen-bond donors (Lipinski definition) is 2. The van der Waals surface area contributed by atoms with Gasteiger partial charge in [0, 0.05) is 18.7 Å². The van der Waals surface area contributed by atoms with Gasteiger partial charge in [-0.15, -0.1) is 0 Å². The number of anilines is 1. The van der Waals surface area contributed by atoms with Crippen molar-refractivity contribution < 1.29 is 22.7 Å². The minimum atomic E-state index is -3.82. The summed E-state index contributed by atoms with van der Waals surface area (Å²) in [6.07, 6.45) is 1.15. The Kier molecular flexibility index (Phi) is 6.73. The van der Waals surface area contributed by atoms with Gasteiger partial charge in [-0.3, -0.25) is 4.79 Å².